The van der Waals surface area contributed by atoms with Crippen LogP contribution in [-0.2, 0) is 6.42 Å². The van der Waals surface area contributed by atoms with E-state index in [9.17, 15) is 0 Å². The second-order valence-electron chi connectivity index (χ2n) is 15.1. The highest BCUT2D eigenvalue weighted by Gasteiger charge is 2.27. The number of rotatable bonds is 2. The van der Waals surface area contributed by atoms with Crippen molar-refractivity contribution in [3.63, 3.8) is 0 Å². The van der Waals surface area contributed by atoms with E-state index in [1.807, 2.05) is 0 Å². The standard InChI is InChI=1S/C51H32N2/c1-4-13-37-31(10-1)24-27-43-46-39-15-5-6-16-41(39)50-47(42-18-9-17-40-38-14-7-8-19-45(38)53(50)49(40)42)51(46)52(48(37)43)35-25-22-30(23-26-35)32-20-21-34-28-33-11-2-3-12-36(33)44(34)29-32/h1-22,24-27,29-30H,23,28H2. The smallest absolute Gasteiger partial charge is 0.0648 e. The third kappa shape index (κ3) is 3.53. The van der Waals surface area contributed by atoms with Gasteiger partial charge in [-0.15, -0.1) is 0 Å². The number of benzene rings is 8. The summed E-state index contributed by atoms with van der Waals surface area (Å²) in [5.74, 6) is 0.328. The van der Waals surface area contributed by atoms with Crippen LogP contribution in [0.4, 0.5) is 0 Å². The van der Waals surface area contributed by atoms with Crippen LogP contribution >= 0.6 is 0 Å². The molecule has 8 aromatic carbocycles. The molecule has 0 fully saturated rings. The van der Waals surface area contributed by atoms with Gasteiger partial charge in [-0.3, -0.25) is 0 Å². The van der Waals surface area contributed by atoms with Crippen molar-refractivity contribution in [1.82, 2.24) is 8.97 Å². The molecule has 0 amide bonds. The quantitative estimate of drug-likeness (QED) is 0.173. The molecule has 0 saturated heterocycles. The van der Waals surface area contributed by atoms with Crippen LogP contribution in [0.25, 0.3) is 98.3 Å². The van der Waals surface area contributed by atoms with Gasteiger partial charge in [0.25, 0.3) is 0 Å². The molecular weight excluding hydrogens is 641 g/mol. The van der Waals surface area contributed by atoms with Crippen LogP contribution in [0.5, 0.6) is 0 Å². The lowest BCUT2D eigenvalue weighted by molar-refractivity contribution is 0.850. The molecule has 1 unspecified atom stereocenters. The van der Waals surface area contributed by atoms with Crippen LogP contribution in [0.15, 0.2) is 164 Å². The zero-order valence-electron chi connectivity index (χ0n) is 29.0. The molecule has 1 atom stereocenters. The second kappa shape index (κ2) is 10.0. The molecule has 2 heteroatoms. The van der Waals surface area contributed by atoms with E-state index < -0.39 is 0 Å². The molecule has 0 aliphatic heterocycles. The highest BCUT2D eigenvalue weighted by atomic mass is 15.0. The minimum atomic E-state index is 0.328. The third-order valence-electron chi connectivity index (χ3n) is 12.6. The number of hydrogen-bond donors (Lipinski definition) is 0. The van der Waals surface area contributed by atoms with Crippen molar-refractivity contribution in [2.24, 2.45) is 0 Å². The lowest BCUT2D eigenvalue weighted by Gasteiger charge is -2.20. The minimum absolute atomic E-state index is 0.328. The molecule has 2 nitrogen and oxygen atoms in total. The molecule has 2 aliphatic rings. The van der Waals surface area contributed by atoms with E-state index in [-0.39, 0.29) is 0 Å². The first-order valence-corrected chi connectivity index (χ1v) is 18.9. The van der Waals surface area contributed by atoms with Gasteiger partial charge in [0.2, 0.25) is 0 Å². The van der Waals surface area contributed by atoms with Gasteiger partial charge in [0.05, 0.1) is 27.6 Å². The first kappa shape index (κ1) is 28.0. The molecule has 3 aromatic heterocycles. The Balaban J connectivity index is 1.13. The lowest BCUT2D eigenvalue weighted by Crippen LogP contribution is -2.03. The Kier molecular flexibility index (Phi) is 5.30. The SMILES string of the molecule is C1=CC(c2ccc3c(c2)-c2ccccc2C3)CC=C1n1c2c3ccccc3ccc2c2c3ccccc3c3c(c4cccc5c6ccccc6n3c54)c21. The van der Waals surface area contributed by atoms with Crippen molar-refractivity contribution in [3.8, 4) is 11.1 Å². The number of nitrogens with zero attached hydrogens (tertiary/aromatic N) is 2. The number of aromatic nitrogens is 2. The van der Waals surface area contributed by atoms with Gasteiger partial charge >= 0.3 is 0 Å². The molecule has 0 spiro atoms. The highest BCUT2D eigenvalue weighted by Crippen LogP contribution is 2.50. The van der Waals surface area contributed by atoms with Crippen molar-refractivity contribution < 1.29 is 0 Å². The summed E-state index contributed by atoms with van der Waals surface area (Å²) >= 11 is 0. The van der Waals surface area contributed by atoms with Crippen LogP contribution in [0, 0.1) is 0 Å². The average molecular weight is 673 g/mol. The molecular formula is C51H32N2. The Morgan fingerprint density at radius 2 is 1.19 bits per heavy atom. The van der Waals surface area contributed by atoms with Gasteiger partial charge < -0.3 is 8.97 Å². The van der Waals surface area contributed by atoms with E-state index in [4.69, 9.17) is 0 Å². The number of fused-ring (bicyclic) bond motifs is 18. The van der Waals surface area contributed by atoms with Crippen LogP contribution in [0.1, 0.15) is 29.0 Å². The van der Waals surface area contributed by atoms with Crippen molar-refractivity contribution >= 4 is 87.1 Å². The van der Waals surface area contributed by atoms with Gasteiger partial charge in [-0.1, -0.05) is 152 Å². The van der Waals surface area contributed by atoms with E-state index in [2.05, 4.69) is 173 Å². The molecule has 0 N–H and O–H groups in total. The molecule has 13 rings (SSSR count). The molecule has 246 valence electrons. The predicted octanol–water partition coefficient (Wildman–Crippen LogP) is 13.4. The van der Waals surface area contributed by atoms with Gasteiger partial charge in [-0.2, -0.15) is 0 Å². The zero-order chi connectivity index (χ0) is 34.4. The van der Waals surface area contributed by atoms with Crippen molar-refractivity contribution in [2.75, 3.05) is 0 Å². The maximum absolute atomic E-state index is 2.62. The highest BCUT2D eigenvalue weighted by molar-refractivity contribution is 6.40. The van der Waals surface area contributed by atoms with Gasteiger partial charge in [-0.25, -0.2) is 0 Å². The largest absolute Gasteiger partial charge is 0.308 e. The Morgan fingerprint density at radius 1 is 0.472 bits per heavy atom. The van der Waals surface area contributed by atoms with Crippen molar-refractivity contribution in [3.05, 3.63) is 181 Å². The van der Waals surface area contributed by atoms with E-state index >= 15 is 0 Å². The molecule has 2 aliphatic carbocycles. The number of allylic oxidation sites excluding steroid dienone is 4. The molecule has 3 heterocycles. The van der Waals surface area contributed by atoms with Gasteiger partial charge in [0, 0.05) is 54.7 Å². The monoisotopic (exact) mass is 672 g/mol. The third-order valence-corrected chi connectivity index (χ3v) is 12.6. The summed E-state index contributed by atoms with van der Waals surface area (Å²) in [6, 6.07) is 54.6. The molecule has 11 aromatic rings. The molecule has 0 radical (unpaired) electrons. The van der Waals surface area contributed by atoms with E-state index in [1.165, 1.54) is 115 Å². The van der Waals surface area contributed by atoms with Crippen LogP contribution in [-0.4, -0.2) is 8.97 Å². The summed E-state index contributed by atoms with van der Waals surface area (Å²) in [7, 11) is 0. The van der Waals surface area contributed by atoms with Crippen LogP contribution in [0.2, 0.25) is 0 Å². The van der Waals surface area contributed by atoms with Gasteiger partial charge in [0.15, 0.2) is 0 Å². The van der Waals surface area contributed by atoms with Crippen molar-refractivity contribution in [1.29, 1.82) is 0 Å². The Bertz CT molecular complexity index is 3460. The summed E-state index contributed by atoms with van der Waals surface area (Å²) in [6.45, 7) is 0. The number of para-hydroxylation sites is 2. The summed E-state index contributed by atoms with van der Waals surface area (Å²) in [5, 5.41) is 13.1. The summed E-state index contributed by atoms with van der Waals surface area (Å²) < 4.78 is 5.18. The fourth-order valence-corrected chi connectivity index (χ4v) is 10.3. The van der Waals surface area contributed by atoms with Crippen molar-refractivity contribution in [2.45, 2.75) is 18.8 Å². The Labute approximate surface area is 305 Å². The summed E-state index contributed by atoms with van der Waals surface area (Å²) in [6.07, 6.45) is 9.35. The van der Waals surface area contributed by atoms with E-state index in [0.717, 1.165) is 12.8 Å². The first-order chi connectivity index (χ1) is 26.3. The Morgan fingerprint density at radius 3 is 2.09 bits per heavy atom. The van der Waals surface area contributed by atoms with Gasteiger partial charge in [0.1, 0.15) is 0 Å². The minimum Gasteiger partial charge on any atom is -0.308 e. The second-order valence-corrected chi connectivity index (χ2v) is 15.1. The normalized spacial score (nSPS) is 15.6. The average Bonchev–Trinajstić information content (AvgIpc) is 3.97. The van der Waals surface area contributed by atoms with E-state index in [0.29, 0.717) is 5.92 Å². The fourth-order valence-electron chi connectivity index (χ4n) is 10.3. The lowest BCUT2D eigenvalue weighted by atomic mass is 9.89. The fraction of sp³-hybridized carbons (Fsp3) is 0.0588. The molecule has 0 bridgehead atoms. The summed E-state index contributed by atoms with van der Waals surface area (Å²) in [5.41, 5.74) is 14.8. The summed E-state index contributed by atoms with van der Waals surface area (Å²) in [4.78, 5) is 0. The molecule has 0 saturated carbocycles. The van der Waals surface area contributed by atoms with Crippen LogP contribution < -0.4 is 0 Å². The maximum Gasteiger partial charge on any atom is 0.0648 e. The number of hydrogen-bond acceptors (Lipinski definition) is 0. The van der Waals surface area contributed by atoms with E-state index in [1.54, 1.807) is 0 Å². The predicted molar refractivity (Wildman–Crippen MR) is 225 cm³/mol. The molecule has 53 heavy (non-hydrogen) atoms. The van der Waals surface area contributed by atoms with Gasteiger partial charge in [-0.05, 0) is 63.6 Å². The van der Waals surface area contributed by atoms with Crippen LogP contribution in [0.3, 0.4) is 0 Å². The Hall–Kier alpha value is -6.64. The topological polar surface area (TPSA) is 9.34 Å². The zero-order valence-corrected chi connectivity index (χ0v) is 29.0. The maximum atomic E-state index is 2.62. The first-order valence-electron chi connectivity index (χ1n) is 18.9.